The summed E-state index contributed by atoms with van der Waals surface area (Å²) in [6, 6.07) is 3.69. The van der Waals surface area contributed by atoms with Crippen molar-refractivity contribution >= 4 is 21.7 Å². The quantitative estimate of drug-likeness (QED) is 0.704. The minimum absolute atomic E-state index is 0.170. The van der Waals surface area contributed by atoms with Crippen LogP contribution in [-0.4, -0.2) is 10.8 Å². The second kappa shape index (κ2) is 3.62. The van der Waals surface area contributed by atoms with Crippen LogP contribution >= 0.6 is 15.9 Å². The number of pyridine rings is 1. The summed E-state index contributed by atoms with van der Waals surface area (Å²) in [6.45, 7) is 1.58. The van der Waals surface area contributed by atoms with Crippen LogP contribution in [0.2, 0.25) is 0 Å². The molecular weight excluding hydrogens is 206 g/mol. The lowest BCUT2D eigenvalue weighted by Gasteiger charge is -1.96. The van der Waals surface area contributed by atoms with Gasteiger partial charge < -0.3 is 0 Å². The molecule has 58 valence electrons. The van der Waals surface area contributed by atoms with Crippen LogP contribution in [0.25, 0.3) is 0 Å². The molecule has 2 nitrogen and oxygen atoms in total. The molecule has 0 atom stereocenters. The van der Waals surface area contributed by atoms with Gasteiger partial charge in [0.1, 0.15) is 10.4 Å². The van der Waals surface area contributed by atoms with Crippen LogP contribution in [0.15, 0.2) is 22.9 Å². The van der Waals surface area contributed by atoms with Crippen molar-refractivity contribution < 1.29 is 4.79 Å². The molecule has 3 heteroatoms. The summed E-state index contributed by atoms with van der Waals surface area (Å²) < 4.78 is 0.774. The number of aromatic nitrogens is 1. The third-order valence-corrected chi connectivity index (χ3v) is 1.68. The number of nitrogens with zero attached hydrogens (tertiary/aromatic N) is 1. The van der Waals surface area contributed by atoms with E-state index >= 15 is 0 Å². The van der Waals surface area contributed by atoms with Crippen LogP contribution in [0, 0.1) is 0 Å². The maximum atomic E-state index is 10.7. The Hall–Kier alpha value is -0.700. The zero-order valence-corrected chi connectivity index (χ0v) is 7.76. The summed E-state index contributed by atoms with van der Waals surface area (Å²) in [7, 11) is 0. The van der Waals surface area contributed by atoms with Gasteiger partial charge in [0.15, 0.2) is 0 Å². The first kappa shape index (κ1) is 8.40. The zero-order chi connectivity index (χ0) is 8.27. The third kappa shape index (κ3) is 2.80. The molecule has 1 aromatic heterocycles. The van der Waals surface area contributed by atoms with E-state index in [1.165, 1.54) is 0 Å². The Balaban J connectivity index is 2.79. The number of carbonyl (C=O) groups is 1. The van der Waals surface area contributed by atoms with Crippen LogP contribution < -0.4 is 0 Å². The number of hydrogen-bond acceptors (Lipinski definition) is 2. The molecule has 0 N–H and O–H groups in total. The molecule has 0 aliphatic heterocycles. The number of Topliss-reactive ketones (excluding diaryl/α,β-unsaturated/α-hetero) is 1. The van der Waals surface area contributed by atoms with Gasteiger partial charge >= 0.3 is 0 Å². The average molecular weight is 214 g/mol. The maximum absolute atomic E-state index is 10.7. The molecule has 0 fully saturated rings. The number of halogens is 1. The molecule has 0 amide bonds. The van der Waals surface area contributed by atoms with E-state index in [0.29, 0.717) is 6.42 Å². The van der Waals surface area contributed by atoms with E-state index < -0.39 is 0 Å². The lowest BCUT2D eigenvalue weighted by Crippen LogP contribution is -1.95. The lowest BCUT2D eigenvalue weighted by molar-refractivity contribution is -0.116. The number of rotatable bonds is 2. The van der Waals surface area contributed by atoms with E-state index in [-0.39, 0.29) is 5.78 Å². The first-order chi connectivity index (χ1) is 5.18. The topological polar surface area (TPSA) is 30.0 Å². The number of ketones is 1. The molecule has 0 aliphatic rings. The summed E-state index contributed by atoms with van der Waals surface area (Å²) in [6.07, 6.45) is 2.17. The van der Waals surface area contributed by atoms with Crippen molar-refractivity contribution in [2.24, 2.45) is 0 Å². The molecule has 0 bridgehead atoms. The largest absolute Gasteiger partial charge is 0.300 e. The fourth-order valence-corrected chi connectivity index (χ4v) is 1.25. The standard InChI is InChI=1S/C8H8BrNO/c1-6(11)4-7-2-3-10-8(9)5-7/h2-3,5H,4H2,1H3. The van der Waals surface area contributed by atoms with Crippen LogP contribution in [0.4, 0.5) is 0 Å². The Labute approximate surface area is 73.8 Å². The van der Waals surface area contributed by atoms with Crippen LogP contribution in [0.5, 0.6) is 0 Å². The second-order valence-electron chi connectivity index (χ2n) is 2.37. The Morgan fingerprint density at radius 1 is 1.73 bits per heavy atom. The lowest BCUT2D eigenvalue weighted by atomic mass is 10.1. The van der Waals surface area contributed by atoms with Gasteiger partial charge in [0, 0.05) is 12.6 Å². The Morgan fingerprint density at radius 3 is 3.00 bits per heavy atom. The highest BCUT2D eigenvalue weighted by atomic mass is 79.9. The summed E-state index contributed by atoms with van der Waals surface area (Å²) in [5.41, 5.74) is 0.999. The number of carbonyl (C=O) groups excluding carboxylic acids is 1. The van der Waals surface area contributed by atoms with Gasteiger partial charge in [-0.3, -0.25) is 4.79 Å². The normalized spacial score (nSPS) is 9.64. The SMILES string of the molecule is CC(=O)Cc1ccnc(Br)c1. The fourth-order valence-electron chi connectivity index (χ4n) is 0.840. The van der Waals surface area contributed by atoms with Crippen LogP contribution in [0.1, 0.15) is 12.5 Å². The molecule has 0 unspecified atom stereocenters. The third-order valence-electron chi connectivity index (χ3n) is 1.24. The maximum Gasteiger partial charge on any atom is 0.134 e. The highest BCUT2D eigenvalue weighted by Gasteiger charge is 1.97. The molecule has 0 aromatic carbocycles. The molecule has 0 saturated carbocycles. The Kier molecular flexibility index (Phi) is 2.76. The summed E-state index contributed by atoms with van der Waals surface area (Å²) in [5, 5.41) is 0. The van der Waals surface area contributed by atoms with E-state index in [0.717, 1.165) is 10.2 Å². The van der Waals surface area contributed by atoms with Crippen molar-refractivity contribution in [2.75, 3.05) is 0 Å². The van der Waals surface area contributed by atoms with Crippen molar-refractivity contribution in [2.45, 2.75) is 13.3 Å². The van der Waals surface area contributed by atoms with Crippen molar-refractivity contribution in [3.8, 4) is 0 Å². The van der Waals surface area contributed by atoms with Gasteiger partial charge in [-0.2, -0.15) is 0 Å². The number of hydrogen-bond donors (Lipinski definition) is 0. The van der Waals surface area contributed by atoms with Gasteiger partial charge in [0.05, 0.1) is 0 Å². The van der Waals surface area contributed by atoms with E-state index in [1.54, 1.807) is 13.1 Å². The van der Waals surface area contributed by atoms with E-state index in [2.05, 4.69) is 20.9 Å². The van der Waals surface area contributed by atoms with E-state index in [4.69, 9.17) is 0 Å². The summed E-state index contributed by atoms with van der Waals surface area (Å²) in [4.78, 5) is 14.6. The summed E-state index contributed by atoms with van der Waals surface area (Å²) in [5.74, 6) is 0.170. The van der Waals surface area contributed by atoms with Gasteiger partial charge in [-0.05, 0) is 40.5 Å². The minimum Gasteiger partial charge on any atom is -0.300 e. The van der Waals surface area contributed by atoms with Gasteiger partial charge in [-0.1, -0.05) is 0 Å². The molecule has 0 aliphatic carbocycles. The molecule has 0 spiro atoms. The van der Waals surface area contributed by atoms with E-state index in [9.17, 15) is 4.79 Å². The van der Waals surface area contributed by atoms with Crippen LogP contribution in [-0.2, 0) is 11.2 Å². The van der Waals surface area contributed by atoms with Crippen LogP contribution in [0.3, 0.4) is 0 Å². The molecular formula is C8H8BrNO. The Bertz CT molecular complexity index is 273. The van der Waals surface area contributed by atoms with Gasteiger partial charge in [0.25, 0.3) is 0 Å². The molecule has 1 heterocycles. The monoisotopic (exact) mass is 213 g/mol. The molecule has 1 rings (SSSR count). The highest BCUT2D eigenvalue weighted by Crippen LogP contribution is 2.08. The molecule has 1 aromatic rings. The average Bonchev–Trinajstić information content (AvgIpc) is 1.85. The van der Waals surface area contributed by atoms with Crippen molar-refractivity contribution in [1.82, 2.24) is 4.98 Å². The first-order valence-corrected chi connectivity index (χ1v) is 4.07. The van der Waals surface area contributed by atoms with Crippen molar-refractivity contribution in [1.29, 1.82) is 0 Å². The second-order valence-corrected chi connectivity index (χ2v) is 3.18. The fraction of sp³-hybridized carbons (Fsp3) is 0.250. The van der Waals surface area contributed by atoms with Gasteiger partial charge in [0.2, 0.25) is 0 Å². The zero-order valence-electron chi connectivity index (χ0n) is 6.17. The smallest absolute Gasteiger partial charge is 0.134 e. The van der Waals surface area contributed by atoms with Crippen molar-refractivity contribution in [3.05, 3.63) is 28.5 Å². The minimum atomic E-state index is 0.170. The molecule has 11 heavy (non-hydrogen) atoms. The summed E-state index contributed by atoms with van der Waals surface area (Å²) >= 11 is 3.23. The van der Waals surface area contributed by atoms with Gasteiger partial charge in [-0.15, -0.1) is 0 Å². The predicted octanol–water partition coefficient (Wildman–Crippen LogP) is 1.98. The Morgan fingerprint density at radius 2 is 2.45 bits per heavy atom. The predicted molar refractivity (Wildman–Crippen MR) is 46.3 cm³/mol. The first-order valence-electron chi connectivity index (χ1n) is 3.28. The molecule has 0 radical (unpaired) electrons. The van der Waals surface area contributed by atoms with Crippen molar-refractivity contribution in [3.63, 3.8) is 0 Å². The van der Waals surface area contributed by atoms with E-state index in [1.807, 2.05) is 12.1 Å². The highest BCUT2D eigenvalue weighted by molar-refractivity contribution is 9.10. The molecule has 0 saturated heterocycles. The van der Waals surface area contributed by atoms with Gasteiger partial charge in [-0.25, -0.2) is 4.98 Å².